The summed E-state index contributed by atoms with van der Waals surface area (Å²) in [6, 6.07) is 0. The first-order valence-electron chi connectivity index (χ1n) is 7.04. The van der Waals surface area contributed by atoms with Crippen molar-refractivity contribution in [3.8, 4) is 0 Å². The molecule has 1 aliphatic heterocycles. The molecule has 1 N–H and O–H groups in total. The predicted molar refractivity (Wildman–Crippen MR) is 73.7 cm³/mol. The second kappa shape index (κ2) is 7.57. The third-order valence-electron chi connectivity index (χ3n) is 3.79. The SMILES string of the molecule is COCCNCC1CCN(Cc2ncnn2C)CC1. The minimum atomic E-state index is 0.797. The fourth-order valence-electron chi connectivity index (χ4n) is 2.49. The molecule has 0 spiro atoms. The number of rotatable bonds is 7. The Morgan fingerprint density at radius 2 is 2.21 bits per heavy atom. The zero-order valence-electron chi connectivity index (χ0n) is 12.0. The van der Waals surface area contributed by atoms with E-state index in [2.05, 4.69) is 20.3 Å². The summed E-state index contributed by atoms with van der Waals surface area (Å²) in [7, 11) is 3.70. The topological polar surface area (TPSA) is 55.2 Å². The number of methoxy groups -OCH3 is 1. The quantitative estimate of drug-likeness (QED) is 0.718. The van der Waals surface area contributed by atoms with Gasteiger partial charge in [0.05, 0.1) is 13.2 Å². The van der Waals surface area contributed by atoms with Crippen LogP contribution in [0.4, 0.5) is 0 Å². The second-order valence-electron chi connectivity index (χ2n) is 5.22. The Hall–Kier alpha value is -0.980. The molecule has 1 fully saturated rings. The van der Waals surface area contributed by atoms with Crippen LogP contribution < -0.4 is 5.32 Å². The molecule has 0 bridgehead atoms. The maximum absolute atomic E-state index is 5.03. The van der Waals surface area contributed by atoms with Crippen molar-refractivity contribution in [3.63, 3.8) is 0 Å². The van der Waals surface area contributed by atoms with Crippen LogP contribution in [0, 0.1) is 5.92 Å². The number of hydrogen-bond acceptors (Lipinski definition) is 5. The van der Waals surface area contributed by atoms with Gasteiger partial charge >= 0.3 is 0 Å². The molecule has 1 aromatic heterocycles. The molecule has 6 nitrogen and oxygen atoms in total. The Labute approximate surface area is 115 Å². The van der Waals surface area contributed by atoms with Crippen LogP contribution >= 0.6 is 0 Å². The van der Waals surface area contributed by atoms with Crippen LogP contribution in [0.25, 0.3) is 0 Å². The molecule has 0 aliphatic carbocycles. The third-order valence-corrected chi connectivity index (χ3v) is 3.79. The van der Waals surface area contributed by atoms with Gasteiger partial charge in [0, 0.05) is 20.7 Å². The summed E-state index contributed by atoms with van der Waals surface area (Å²) in [5.41, 5.74) is 0. The van der Waals surface area contributed by atoms with Gasteiger partial charge in [0.2, 0.25) is 0 Å². The lowest BCUT2D eigenvalue weighted by atomic mass is 9.97. The number of hydrogen-bond donors (Lipinski definition) is 1. The van der Waals surface area contributed by atoms with Crippen LogP contribution in [0.2, 0.25) is 0 Å². The number of likely N-dealkylation sites (tertiary alicyclic amines) is 1. The molecule has 19 heavy (non-hydrogen) atoms. The van der Waals surface area contributed by atoms with E-state index in [1.807, 2.05) is 11.7 Å². The van der Waals surface area contributed by atoms with E-state index in [0.29, 0.717) is 0 Å². The van der Waals surface area contributed by atoms with Crippen LogP contribution in [-0.2, 0) is 18.3 Å². The summed E-state index contributed by atoms with van der Waals surface area (Å²) in [6.45, 7) is 6.09. The Bertz CT molecular complexity index is 360. The molecular weight excluding hydrogens is 242 g/mol. The number of nitrogens with zero attached hydrogens (tertiary/aromatic N) is 4. The predicted octanol–water partition coefficient (Wildman–Crippen LogP) is 0.263. The summed E-state index contributed by atoms with van der Waals surface area (Å²) >= 11 is 0. The van der Waals surface area contributed by atoms with E-state index in [-0.39, 0.29) is 0 Å². The first kappa shape index (κ1) is 14.4. The third kappa shape index (κ3) is 4.56. The van der Waals surface area contributed by atoms with Gasteiger partial charge in [-0.25, -0.2) is 4.98 Å². The first-order valence-corrected chi connectivity index (χ1v) is 7.04. The van der Waals surface area contributed by atoms with E-state index in [1.165, 1.54) is 12.8 Å². The highest BCUT2D eigenvalue weighted by atomic mass is 16.5. The summed E-state index contributed by atoms with van der Waals surface area (Å²) in [5, 5.41) is 7.57. The van der Waals surface area contributed by atoms with Gasteiger partial charge in [-0.15, -0.1) is 0 Å². The van der Waals surface area contributed by atoms with Crippen molar-refractivity contribution in [1.29, 1.82) is 0 Å². The van der Waals surface area contributed by atoms with Gasteiger partial charge in [-0.05, 0) is 38.4 Å². The fraction of sp³-hybridized carbons (Fsp3) is 0.846. The van der Waals surface area contributed by atoms with Crippen molar-refractivity contribution in [1.82, 2.24) is 25.0 Å². The molecule has 0 aromatic carbocycles. The van der Waals surface area contributed by atoms with Crippen LogP contribution in [0.1, 0.15) is 18.7 Å². The van der Waals surface area contributed by atoms with E-state index >= 15 is 0 Å². The van der Waals surface area contributed by atoms with Crippen molar-refractivity contribution in [2.24, 2.45) is 13.0 Å². The average molecular weight is 267 g/mol. The maximum Gasteiger partial charge on any atom is 0.140 e. The standard InChI is InChI=1S/C13H25N5O/c1-17-13(15-11-16-17)10-18-6-3-12(4-7-18)9-14-5-8-19-2/h11-12,14H,3-10H2,1-2H3. The summed E-state index contributed by atoms with van der Waals surface area (Å²) in [6.07, 6.45) is 4.15. The highest BCUT2D eigenvalue weighted by Gasteiger charge is 2.19. The number of aryl methyl sites for hydroxylation is 1. The highest BCUT2D eigenvalue weighted by molar-refractivity contribution is 4.85. The molecule has 0 saturated carbocycles. The lowest BCUT2D eigenvalue weighted by Crippen LogP contribution is -2.37. The van der Waals surface area contributed by atoms with Gasteiger partial charge < -0.3 is 10.1 Å². The molecule has 1 aliphatic rings. The summed E-state index contributed by atoms with van der Waals surface area (Å²) in [4.78, 5) is 6.75. The first-order chi connectivity index (χ1) is 9.29. The summed E-state index contributed by atoms with van der Waals surface area (Å²) in [5.74, 6) is 1.85. The molecule has 2 heterocycles. The van der Waals surface area contributed by atoms with E-state index in [9.17, 15) is 0 Å². The second-order valence-corrected chi connectivity index (χ2v) is 5.22. The van der Waals surface area contributed by atoms with Gasteiger partial charge in [0.25, 0.3) is 0 Å². The minimum Gasteiger partial charge on any atom is -0.383 e. The fourth-order valence-corrected chi connectivity index (χ4v) is 2.49. The number of nitrogens with one attached hydrogen (secondary N) is 1. The lowest BCUT2D eigenvalue weighted by molar-refractivity contribution is 0.164. The zero-order chi connectivity index (χ0) is 13.5. The Morgan fingerprint density at radius 3 is 2.84 bits per heavy atom. The van der Waals surface area contributed by atoms with Gasteiger partial charge in [-0.2, -0.15) is 5.10 Å². The molecule has 0 unspecified atom stereocenters. The van der Waals surface area contributed by atoms with Crippen LogP contribution in [-0.4, -0.2) is 59.6 Å². The van der Waals surface area contributed by atoms with Gasteiger partial charge in [-0.3, -0.25) is 9.58 Å². The molecule has 0 atom stereocenters. The van der Waals surface area contributed by atoms with Crippen molar-refractivity contribution < 1.29 is 4.74 Å². The maximum atomic E-state index is 5.03. The van der Waals surface area contributed by atoms with Crippen molar-refractivity contribution in [2.45, 2.75) is 19.4 Å². The van der Waals surface area contributed by atoms with Gasteiger partial charge in [0.1, 0.15) is 12.2 Å². The number of piperidine rings is 1. The normalized spacial score (nSPS) is 18.0. The van der Waals surface area contributed by atoms with E-state index in [1.54, 1.807) is 13.4 Å². The van der Waals surface area contributed by atoms with Crippen molar-refractivity contribution >= 4 is 0 Å². The molecule has 6 heteroatoms. The molecular formula is C13H25N5O. The number of aromatic nitrogens is 3. The van der Waals surface area contributed by atoms with Crippen LogP contribution in [0.5, 0.6) is 0 Å². The molecule has 1 aromatic rings. The molecule has 2 rings (SSSR count). The molecule has 1 saturated heterocycles. The summed E-state index contributed by atoms with van der Waals surface area (Å²) < 4.78 is 6.89. The Kier molecular flexibility index (Phi) is 5.75. The minimum absolute atomic E-state index is 0.797. The Balaban J connectivity index is 1.64. The molecule has 0 amide bonds. The van der Waals surface area contributed by atoms with E-state index in [4.69, 9.17) is 4.74 Å². The average Bonchev–Trinajstić information content (AvgIpc) is 2.82. The van der Waals surface area contributed by atoms with Gasteiger partial charge in [0.15, 0.2) is 0 Å². The smallest absolute Gasteiger partial charge is 0.140 e. The van der Waals surface area contributed by atoms with Crippen molar-refractivity contribution in [2.75, 3.05) is 39.9 Å². The van der Waals surface area contributed by atoms with E-state index in [0.717, 1.165) is 51.1 Å². The van der Waals surface area contributed by atoms with Crippen LogP contribution in [0.15, 0.2) is 6.33 Å². The Morgan fingerprint density at radius 1 is 1.42 bits per heavy atom. The molecule has 108 valence electrons. The highest BCUT2D eigenvalue weighted by Crippen LogP contribution is 2.17. The van der Waals surface area contributed by atoms with Crippen molar-refractivity contribution in [3.05, 3.63) is 12.2 Å². The lowest BCUT2D eigenvalue weighted by Gasteiger charge is -2.31. The van der Waals surface area contributed by atoms with Gasteiger partial charge in [-0.1, -0.05) is 0 Å². The monoisotopic (exact) mass is 267 g/mol. The largest absolute Gasteiger partial charge is 0.383 e. The molecule has 0 radical (unpaired) electrons. The number of ether oxygens (including phenoxy) is 1. The van der Waals surface area contributed by atoms with Crippen LogP contribution in [0.3, 0.4) is 0 Å². The van der Waals surface area contributed by atoms with E-state index < -0.39 is 0 Å². The zero-order valence-corrected chi connectivity index (χ0v) is 12.0.